The quantitative estimate of drug-likeness (QED) is 0.823. The monoisotopic (exact) mass is 369 g/mol. The number of esters is 1. The summed E-state index contributed by atoms with van der Waals surface area (Å²) in [5.41, 5.74) is -1.03. The van der Waals surface area contributed by atoms with Crippen LogP contribution < -0.4 is 0 Å². The Morgan fingerprint density at radius 3 is 2.36 bits per heavy atom. The number of nitrogens with zero attached hydrogens (tertiary/aromatic N) is 1. The molecule has 25 heavy (non-hydrogen) atoms. The zero-order chi connectivity index (χ0) is 19.0. The van der Waals surface area contributed by atoms with E-state index in [1.807, 2.05) is 6.92 Å². The van der Waals surface area contributed by atoms with Gasteiger partial charge in [-0.1, -0.05) is 24.6 Å². The van der Waals surface area contributed by atoms with E-state index in [1.54, 1.807) is 39.8 Å². The average molecular weight is 369 g/mol. The van der Waals surface area contributed by atoms with Gasteiger partial charge in [-0.3, -0.25) is 4.79 Å². The predicted octanol–water partition coefficient (Wildman–Crippen LogP) is 2.24. The molecule has 0 aromatic heterocycles. The number of β-amino-alcohol motifs (C(OH)–C–C–N with tert-alkyl or cyclic N) is 1. The summed E-state index contributed by atoms with van der Waals surface area (Å²) in [6, 6.07) is 5.41. The van der Waals surface area contributed by atoms with E-state index < -0.39 is 33.2 Å². The summed E-state index contributed by atoms with van der Waals surface area (Å²) in [6.45, 7) is 8.70. The Bertz CT molecular complexity index is 736. The minimum absolute atomic E-state index is 0.0313. The summed E-state index contributed by atoms with van der Waals surface area (Å²) in [5, 5.41) is 10.6. The van der Waals surface area contributed by atoms with E-state index in [4.69, 9.17) is 4.74 Å². The van der Waals surface area contributed by atoms with E-state index in [-0.39, 0.29) is 17.9 Å². The largest absolute Gasteiger partial charge is 0.459 e. The van der Waals surface area contributed by atoms with Gasteiger partial charge in [0.15, 0.2) is 0 Å². The number of hydrogen-bond acceptors (Lipinski definition) is 5. The van der Waals surface area contributed by atoms with Crippen molar-refractivity contribution in [2.75, 3.05) is 6.54 Å². The zero-order valence-electron chi connectivity index (χ0n) is 15.4. The molecule has 0 saturated carbocycles. The van der Waals surface area contributed by atoms with Crippen LogP contribution >= 0.6 is 0 Å². The number of hydrogen-bond donors (Lipinski definition) is 1. The van der Waals surface area contributed by atoms with Gasteiger partial charge in [0.25, 0.3) is 0 Å². The van der Waals surface area contributed by atoms with Gasteiger partial charge in [0.1, 0.15) is 11.6 Å². The van der Waals surface area contributed by atoms with Gasteiger partial charge in [0, 0.05) is 13.0 Å². The summed E-state index contributed by atoms with van der Waals surface area (Å²) in [6.07, 6.45) is 0.385. The van der Waals surface area contributed by atoms with Crippen molar-refractivity contribution in [2.45, 2.75) is 69.6 Å². The first-order valence-corrected chi connectivity index (χ1v) is 9.86. The zero-order valence-corrected chi connectivity index (χ0v) is 16.3. The van der Waals surface area contributed by atoms with Crippen molar-refractivity contribution < 1.29 is 23.1 Å². The van der Waals surface area contributed by atoms with Gasteiger partial charge in [-0.2, -0.15) is 4.31 Å². The third kappa shape index (κ3) is 4.40. The van der Waals surface area contributed by atoms with Gasteiger partial charge >= 0.3 is 5.97 Å². The van der Waals surface area contributed by atoms with Crippen LogP contribution in [0, 0.1) is 6.92 Å². The maximum atomic E-state index is 13.0. The summed E-state index contributed by atoms with van der Waals surface area (Å²) in [5.74, 6) is -0.632. The molecular formula is C18H27NO5S. The number of aryl methyl sites for hydroxylation is 1. The van der Waals surface area contributed by atoms with Crippen LogP contribution in [0.1, 0.15) is 46.1 Å². The Labute approximate surface area is 149 Å². The van der Waals surface area contributed by atoms with Gasteiger partial charge in [0.2, 0.25) is 10.0 Å². The topological polar surface area (TPSA) is 83.9 Å². The van der Waals surface area contributed by atoms with Gasteiger partial charge in [-0.05, 0) is 46.2 Å². The third-order valence-electron chi connectivity index (χ3n) is 4.34. The fourth-order valence-corrected chi connectivity index (χ4v) is 4.51. The van der Waals surface area contributed by atoms with Crippen molar-refractivity contribution in [3.05, 3.63) is 29.8 Å². The van der Waals surface area contributed by atoms with E-state index >= 15 is 0 Å². The second-order valence-corrected chi connectivity index (χ2v) is 9.59. The summed E-state index contributed by atoms with van der Waals surface area (Å²) >= 11 is 0. The molecule has 1 saturated heterocycles. The fraction of sp³-hybridized carbons (Fsp3) is 0.611. The molecule has 140 valence electrons. The van der Waals surface area contributed by atoms with E-state index in [2.05, 4.69) is 0 Å². The van der Waals surface area contributed by atoms with Crippen LogP contribution in [-0.2, 0) is 19.6 Å². The van der Waals surface area contributed by atoms with E-state index in [0.29, 0.717) is 6.42 Å². The minimum Gasteiger partial charge on any atom is -0.459 e. The molecule has 0 unspecified atom stereocenters. The molecule has 1 aromatic carbocycles. The Kier molecular flexibility index (Phi) is 5.33. The standard InChI is InChI=1S/C18H27NO5S/c1-6-18(21)11-15(16(20)24-17(3,4)5)19(12-18)25(22,23)14-9-7-13(2)8-10-14/h7-10,15,21H,6,11-12H2,1-5H3/t15-,18+/m0/s1. The third-order valence-corrected chi connectivity index (χ3v) is 6.20. The summed E-state index contributed by atoms with van der Waals surface area (Å²) < 4.78 is 32.5. The van der Waals surface area contributed by atoms with Crippen LogP contribution in [0.15, 0.2) is 29.2 Å². The molecule has 6 nitrogen and oxygen atoms in total. The number of rotatable bonds is 4. The molecule has 0 spiro atoms. The first-order chi connectivity index (χ1) is 11.4. The Morgan fingerprint density at radius 1 is 1.32 bits per heavy atom. The Balaban J connectivity index is 2.40. The highest BCUT2D eigenvalue weighted by Gasteiger charge is 2.51. The summed E-state index contributed by atoms with van der Waals surface area (Å²) in [4.78, 5) is 12.7. The van der Waals surface area contributed by atoms with Crippen LogP contribution in [0.4, 0.5) is 0 Å². The molecule has 2 rings (SSSR count). The second kappa shape index (κ2) is 6.70. The molecule has 1 heterocycles. The molecule has 0 bridgehead atoms. The van der Waals surface area contributed by atoms with Crippen molar-refractivity contribution in [3.63, 3.8) is 0 Å². The number of carbonyl (C=O) groups excluding carboxylic acids is 1. The highest BCUT2D eigenvalue weighted by Crippen LogP contribution is 2.35. The number of benzene rings is 1. The molecular weight excluding hydrogens is 342 g/mol. The lowest BCUT2D eigenvalue weighted by Gasteiger charge is -2.26. The second-order valence-electron chi connectivity index (χ2n) is 7.69. The first kappa shape index (κ1) is 19.9. The lowest BCUT2D eigenvalue weighted by Crippen LogP contribution is -2.43. The van der Waals surface area contributed by atoms with Crippen molar-refractivity contribution in [1.29, 1.82) is 0 Å². The van der Waals surface area contributed by atoms with Gasteiger partial charge < -0.3 is 9.84 Å². The molecule has 1 aliphatic heterocycles. The fourth-order valence-electron chi connectivity index (χ4n) is 2.85. The Hall–Kier alpha value is -1.44. The van der Waals surface area contributed by atoms with E-state index in [9.17, 15) is 18.3 Å². The molecule has 2 atom stereocenters. The van der Waals surface area contributed by atoms with Crippen LogP contribution in [0.5, 0.6) is 0 Å². The highest BCUT2D eigenvalue weighted by molar-refractivity contribution is 7.89. The maximum absolute atomic E-state index is 13.0. The summed E-state index contributed by atoms with van der Waals surface area (Å²) in [7, 11) is -3.91. The van der Waals surface area contributed by atoms with Crippen LogP contribution in [-0.4, -0.2) is 47.6 Å². The van der Waals surface area contributed by atoms with E-state index in [0.717, 1.165) is 9.87 Å². The molecule has 0 amide bonds. The maximum Gasteiger partial charge on any atom is 0.325 e. The first-order valence-electron chi connectivity index (χ1n) is 8.42. The molecule has 1 aromatic rings. The smallest absolute Gasteiger partial charge is 0.325 e. The van der Waals surface area contributed by atoms with Crippen molar-refractivity contribution in [2.24, 2.45) is 0 Å². The molecule has 0 aliphatic carbocycles. The molecule has 0 radical (unpaired) electrons. The van der Waals surface area contributed by atoms with Crippen molar-refractivity contribution in [1.82, 2.24) is 4.31 Å². The SMILES string of the molecule is CC[C@@]1(O)C[C@@H](C(=O)OC(C)(C)C)N(S(=O)(=O)c2ccc(C)cc2)C1. The van der Waals surface area contributed by atoms with Crippen LogP contribution in [0.3, 0.4) is 0 Å². The minimum atomic E-state index is -3.91. The van der Waals surface area contributed by atoms with Crippen LogP contribution in [0.25, 0.3) is 0 Å². The number of ether oxygens (including phenoxy) is 1. The van der Waals surface area contributed by atoms with Gasteiger partial charge in [-0.15, -0.1) is 0 Å². The Morgan fingerprint density at radius 2 is 1.88 bits per heavy atom. The van der Waals surface area contributed by atoms with Gasteiger partial charge in [0.05, 0.1) is 10.5 Å². The average Bonchev–Trinajstić information content (AvgIpc) is 2.86. The lowest BCUT2D eigenvalue weighted by molar-refractivity contribution is -0.159. The molecule has 1 aliphatic rings. The van der Waals surface area contributed by atoms with Crippen LogP contribution in [0.2, 0.25) is 0 Å². The normalized spacial score (nSPS) is 25.1. The number of carbonyl (C=O) groups is 1. The van der Waals surface area contributed by atoms with E-state index in [1.165, 1.54) is 12.1 Å². The van der Waals surface area contributed by atoms with Gasteiger partial charge in [-0.25, -0.2) is 8.42 Å². The molecule has 7 heteroatoms. The predicted molar refractivity (Wildman–Crippen MR) is 94.6 cm³/mol. The number of aliphatic hydroxyl groups is 1. The lowest BCUT2D eigenvalue weighted by atomic mass is 9.97. The van der Waals surface area contributed by atoms with Crippen molar-refractivity contribution in [3.8, 4) is 0 Å². The number of sulfonamides is 1. The highest BCUT2D eigenvalue weighted by atomic mass is 32.2. The molecule has 1 N–H and O–H groups in total. The molecule has 1 fully saturated rings. The van der Waals surface area contributed by atoms with Crippen molar-refractivity contribution >= 4 is 16.0 Å².